The molecule has 32 heavy (non-hydrogen) atoms. The minimum absolute atomic E-state index is 0.0302. The summed E-state index contributed by atoms with van der Waals surface area (Å²) in [6.45, 7) is 4.64. The lowest BCUT2D eigenvalue weighted by molar-refractivity contribution is -0.112. The molecule has 0 unspecified atom stereocenters. The number of hydrogen-bond acceptors (Lipinski definition) is 2. The zero-order chi connectivity index (χ0) is 22.7. The van der Waals surface area contributed by atoms with Crippen LogP contribution in [0.3, 0.4) is 0 Å². The molecule has 0 atom stereocenters. The first-order chi connectivity index (χ1) is 15.4. The topological polar surface area (TPSA) is 57.8 Å². The lowest BCUT2D eigenvalue weighted by atomic mass is 10.1. The van der Waals surface area contributed by atoms with Crippen molar-refractivity contribution in [1.29, 1.82) is 5.26 Å². The molecule has 1 N–H and O–H groups in total. The molecule has 0 radical (unpaired) electrons. The molecule has 1 heterocycles. The van der Waals surface area contributed by atoms with Gasteiger partial charge in [-0.1, -0.05) is 65.7 Å². The molecule has 0 aliphatic rings. The first-order valence-electron chi connectivity index (χ1n) is 10.3. The number of halogens is 1. The molecule has 0 aliphatic carbocycles. The summed E-state index contributed by atoms with van der Waals surface area (Å²) in [5.74, 6) is -0.465. The van der Waals surface area contributed by atoms with Gasteiger partial charge in [0, 0.05) is 39.9 Å². The number of aromatic nitrogens is 1. The monoisotopic (exact) mass is 439 g/mol. The molecule has 0 spiro atoms. The maximum Gasteiger partial charge on any atom is 0.266 e. The van der Waals surface area contributed by atoms with Gasteiger partial charge in [-0.05, 0) is 49.2 Å². The largest absolute Gasteiger partial charge is 0.342 e. The van der Waals surface area contributed by atoms with Crippen LogP contribution < -0.4 is 5.32 Å². The second-order valence-electron chi connectivity index (χ2n) is 7.80. The van der Waals surface area contributed by atoms with E-state index in [1.54, 1.807) is 18.2 Å². The summed E-state index contributed by atoms with van der Waals surface area (Å²) in [4.78, 5) is 12.8. The number of nitrogens with one attached hydrogen (secondary N) is 1. The summed E-state index contributed by atoms with van der Waals surface area (Å²) in [6.07, 6.45) is 3.63. The van der Waals surface area contributed by atoms with Crippen LogP contribution in [-0.4, -0.2) is 10.5 Å². The minimum atomic E-state index is -0.465. The zero-order valence-electron chi connectivity index (χ0n) is 17.9. The Labute approximate surface area is 192 Å². The van der Waals surface area contributed by atoms with E-state index in [4.69, 9.17) is 11.6 Å². The fourth-order valence-corrected chi connectivity index (χ4v) is 3.81. The third kappa shape index (κ3) is 4.59. The molecule has 3 aromatic carbocycles. The Bertz CT molecular complexity index is 1370. The Hall–Kier alpha value is -3.81. The van der Waals surface area contributed by atoms with Gasteiger partial charge in [-0.2, -0.15) is 5.26 Å². The van der Waals surface area contributed by atoms with Crippen molar-refractivity contribution < 1.29 is 4.79 Å². The molecule has 4 rings (SSSR count). The number of fused-ring (bicyclic) bond motifs is 1. The summed E-state index contributed by atoms with van der Waals surface area (Å²) in [6, 6.07) is 23.7. The van der Waals surface area contributed by atoms with Crippen LogP contribution in [-0.2, 0) is 11.3 Å². The molecule has 4 aromatic rings. The number of hydrogen-bond donors (Lipinski definition) is 1. The first-order valence-corrected chi connectivity index (χ1v) is 10.6. The number of nitrogens with zero attached hydrogens (tertiary/aromatic N) is 2. The first kappa shape index (κ1) is 21.4. The number of amides is 1. The summed E-state index contributed by atoms with van der Waals surface area (Å²) in [5, 5.41) is 14.0. The predicted molar refractivity (Wildman–Crippen MR) is 131 cm³/mol. The number of carbonyl (C=O) groups excluding carboxylic acids is 1. The molecule has 0 fully saturated rings. The highest BCUT2D eigenvalue weighted by Gasteiger charge is 2.14. The zero-order valence-corrected chi connectivity index (χ0v) is 18.6. The van der Waals surface area contributed by atoms with Gasteiger partial charge in [-0.15, -0.1) is 0 Å². The highest BCUT2D eigenvalue weighted by Crippen LogP contribution is 2.26. The molecule has 0 saturated carbocycles. The minimum Gasteiger partial charge on any atom is -0.342 e. The van der Waals surface area contributed by atoms with E-state index in [1.807, 2.05) is 49.5 Å². The van der Waals surface area contributed by atoms with Gasteiger partial charge >= 0.3 is 0 Å². The average Bonchev–Trinajstić information content (AvgIpc) is 3.13. The second-order valence-corrected chi connectivity index (χ2v) is 8.23. The third-order valence-corrected chi connectivity index (χ3v) is 5.64. The van der Waals surface area contributed by atoms with Crippen molar-refractivity contribution in [3.63, 3.8) is 0 Å². The van der Waals surface area contributed by atoms with Gasteiger partial charge in [0.1, 0.15) is 11.6 Å². The maximum atomic E-state index is 12.8. The van der Waals surface area contributed by atoms with Crippen LogP contribution in [0.25, 0.3) is 17.0 Å². The van der Waals surface area contributed by atoms with Crippen LogP contribution in [0.15, 0.2) is 78.5 Å². The van der Waals surface area contributed by atoms with E-state index in [9.17, 15) is 10.1 Å². The standard InChI is InChI=1S/C27H22ClN3O/c1-18-7-10-20(11-8-18)16-31-17-22(24-5-3-4-6-26(24)31)13-21(15-29)27(32)30-25-14-23(28)12-9-19(25)2/h3-14,17H,16H2,1-2H3,(H,30,32)/b21-13-. The van der Waals surface area contributed by atoms with Crippen LogP contribution >= 0.6 is 11.6 Å². The third-order valence-electron chi connectivity index (χ3n) is 5.41. The average molecular weight is 440 g/mol. The number of benzene rings is 3. The number of nitriles is 1. The molecule has 158 valence electrons. The number of para-hydroxylation sites is 1. The Morgan fingerprint density at radius 2 is 1.84 bits per heavy atom. The Balaban J connectivity index is 1.68. The van der Waals surface area contributed by atoms with Crippen LogP contribution in [0.2, 0.25) is 5.02 Å². The summed E-state index contributed by atoms with van der Waals surface area (Å²) in [7, 11) is 0. The van der Waals surface area contributed by atoms with E-state index in [0.717, 1.165) is 22.0 Å². The van der Waals surface area contributed by atoms with Crippen molar-refractivity contribution >= 4 is 40.2 Å². The summed E-state index contributed by atoms with van der Waals surface area (Å²) < 4.78 is 2.14. The van der Waals surface area contributed by atoms with Crippen molar-refractivity contribution in [2.24, 2.45) is 0 Å². The van der Waals surface area contributed by atoms with Gasteiger partial charge in [0.15, 0.2) is 0 Å². The van der Waals surface area contributed by atoms with E-state index < -0.39 is 5.91 Å². The molecule has 4 nitrogen and oxygen atoms in total. The normalized spacial score (nSPS) is 11.4. The highest BCUT2D eigenvalue weighted by atomic mass is 35.5. The van der Waals surface area contributed by atoms with Crippen LogP contribution in [0, 0.1) is 25.2 Å². The summed E-state index contributed by atoms with van der Waals surface area (Å²) in [5.41, 5.74) is 5.75. The molecular formula is C27H22ClN3O. The number of rotatable bonds is 5. The van der Waals surface area contributed by atoms with Crippen LogP contribution in [0.1, 0.15) is 22.3 Å². The molecule has 1 aromatic heterocycles. The van der Waals surface area contributed by atoms with Gasteiger partial charge in [0.2, 0.25) is 0 Å². The molecule has 0 bridgehead atoms. The van der Waals surface area contributed by atoms with Gasteiger partial charge in [-0.3, -0.25) is 4.79 Å². The Morgan fingerprint density at radius 1 is 1.09 bits per heavy atom. The highest BCUT2D eigenvalue weighted by molar-refractivity contribution is 6.31. The van der Waals surface area contributed by atoms with Crippen molar-refractivity contribution in [1.82, 2.24) is 4.57 Å². The maximum absolute atomic E-state index is 12.8. The van der Waals surface area contributed by atoms with E-state index >= 15 is 0 Å². The van der Waals surface area contributed by atoms with E-state index in [-0.39, 0.29) is 5.57 Å². The molecule has 5 heteroatoms. The fraction of sp³-hybridized carbons (Fsp3) is 0.111. The molecule has 0 saturated heterocycles. The lowest BCUT2D eigenvalue weighted by Gasteiger charge is -2.08. The quantitative estimate of drug-likeness (QED) is 0.285. The van der Waals surface area contributed by atoms with Gasteiger partial charge < -0.3 is 9.88 Å². The number of carbonyl (C=O) groups is 1. The van der Waals surface area contributed by atoms with Gasteiger partial charge in [0.25, 0.3) is 5.91 Å². The fourth-order valence-electron chi connectivity index (χ4n) is 3.63. The lowest BCUT2D eigenvalue weighted by Crippen LogP contribution is -2.14. The SMILES string of the molecule is Cc1ccc(Cn2cc(/C=C(/C#N)C(=O)Nc3cc(Cl)ccc3C)c3ccccc32)cc1. The number of anilines is 1. The summed E-state index contributed by atoms with van der Waals surface area (Å²) >= 11 is 6.05. The second kappa shape index (κ2) is 9.13. The van der Waals surface area contributed by atoms with Crippen molar-refractivity contribution in [3.8, 4) is 6.07 Å². The number of aryl methyl sites for hydroxylation is 2. The predicted octanol–water partition coefficient (Wildman–Crippen LogP) is 6.51. The molecule has 0 aliphatic heterocycles. The van der Waals surface area contributed by atoms with E-state index in [1.165, 1.54) is 11.1 Å². The Morgan fingerprint density at radius 3 is 2.59 bits per heavy atom. The smallest absolute Gasteiger partial charge is 0.266 e. The van der Waals surface area contributed by atoms with Crippen molar-refractivity contribution in [2.75, 3.05) is 5.32 Å². The van der Waals surface area contributed by atoms with Gasteiger partial charge in [0.05, 0.1) is 0 Å². The molecular weight excluding hydrogens is 418 g/mol. The van der Waals surface area contributed by atoms with Crippen molar-refractivity contribution in [3.05, 3.63) is 106 Å². The van der Waals surface area contributed by atoms with Crippen molar-refractivity contribution in [2.45, 2.75) is 20.4 Å². The van der Waals surface area contributed by atoms with Crippen LogP contribution in [0.4, 0.5) is 5.69 Å². The van der Waals surface area contributed by atoms with Gasteiger partial charge in [-0.25, -0.2) is 0 Å². The molecule has 1 amide bonds. The van der Waals surface area contributed by atoms with E-state index in [0.29, 0.717) is 17.3 Å². The van der Waals surface area contributed by atoms with Crippen LogP contribution in [0.5, 0.6) is 0 Å². The van der Waals surface area contributed by atoms with E-state index in [2.05, 4.69) is 41.1 Å². The Kier molecular flexibility index (Phi) is 6.11.